The zero-order valence-corrected chi connectivity index (χ0v) is 14.7. The summed E-state index contributed by atoms with van der Waals surface area (Å²) in [5.41, 5.74) is 2.55. The van der Waals surface area contributed by atoms with E-state index in [1.165, 1.54) is 38.4 Å². The van der Waals surface area contributed by atoms with Gasteiger partial charge in [-0.1, -0.05) is 58.1 Å². The number of unbranched alkanes of at least 4 members (excludes halogenated alkanes) is 1. The first-order valence-corrected chi connectivity index (χ1v) is 9.41. The first-order chi connectivity index (χ1) is 9.79. The van der Waals surface area contributed by atoms with Crippen LogP contribution in [0.5, 0.6) is 0 Å². The van der Waals surface area contributed by atoms with Gasteiger partial charge >= 0.3 is 0 Å². The number of hydrogen-bond acceptors (Lipinski definition) is 2. The van der Waals surface area contributed by atoms with Crippen molar-refractivity contribution < 1.29 is 0 Å². The normalized spacial score (nSPS) is 13.0. The molecule has 104 valence electrons. The Balaban J connectivity index is 1.99. The van der Waals surface area contributed by atoms with Gasteiger partial charge in [-0.25, -0.2) is 0 Å². The maximum absolute atomic E-state index is 6.19. The standard InChI is InChI=1S/C16H15ClINS/c17-12-7-8-16-14(11-12)19(10-4-3-9-18)13-5-1-2-6-15(13)20-16/h1-2,5-8,11H,3-4,9-10H2. The van der Waals surface area contributed by atoms with Crippen molar-refractivity contribution in [1.29, 1.82) is 0 Å². The summed E-state index contributed by atoms with van der Waals surface area (Å²) in [4.78, 5) is 5.04. The number of nitrogens with zero attached hydrogens (tertiary/aromatic N) is 1. The van der Waals surface area contributed by atoms with Gasteiger partial charge < -0.3 is 4.90 Å². The maximum atomic E-state index is 6.19. The van der Waals surface area contributed by atoms with E-state index in [0.29, 0.717) is 0 Å². The number of alkyl halides is 1. The van der Waals surface area contributed by atoms with Crippen molar-refractivity contribution >= 4 is 57.3 Å². The summed E-state index contributed by atoms with van der Waals surface area (Å²) in [7, 11) is 0. The van der Waals surface area contributed by atoms with Gasteiger partial charge in [-0.3, -0.25) is 0 Å². The first-order valence-electron chi connectivity index (χ1n) is 6.69. The van der Waals surface area contributed by atoms with E-state index in [1.54, 1.807) is 0 Å². The molecule has 1 aliphatic rings. The Labute approximate surface area is 142 Å². The minimum atomic E-state index is 0.808. The Morgan fingerprint density at radius 1 is 1.00 bits per heavy atom. The second kappa shape index (κ2) is 6.58. The summed E-state index contributed by atoms with van der Waals surface area (Å²) >= 11 is 10.5. The third-order valence-corrected chi connectivity index (χ3v) is 5.48. The molecular formula is C16H15ClINS. The molecule has 0 unspecified atom stereocenters. The third kappa shape index (κ3) is 2.95. The lowest BCUT2D eigenvalue weighted by atomic mass is 10.2. The number of hydrogen-bond donors (Lipinski definition) is 0. The molecule has 0 aliphatic carbocycles. The second-order valence-corrected chi connectivity index (χ2v) is 7.33. The fourth-order valence-electron chi connectivity index (χ4n) is 2.41. The lowest BCUT2D eigenvalue weighted by molar-refractivity contribution is 0.788. The van der Waals surface area contributed by atoms with Crippen LogP contribution in [-0.4, -0.2) is 11.0 Å². The van der Waals surface area contributed by atoms with Gasteiger partial charge in [0.15, 0.2) is 0 Å². The highest BCUT2D eigenvalue weighted by molar-refractivity contribution is 14.1. The Kier molecular flexibility index (Phi) is 4.79. The van der Waals surface area contributed by atoms with E-state index in [0.717, 1.165) is 11.6 Å². The molecule has 0 aromatic heterocycles. The molecule has 20 heavy (non-hydrogen) atoms. The topological polar surface area (TPSA) is 3.24 Å². The fourth-order valence-corrected chi connectivity index (χ4v) is 4.19. The van der Waals surface area contributed by atoms with Gasteiger partial charge in [-0.2, -0.15) is 0 Å². The molecule has 2 aromatic rings. The van der Waals surface area contributed by atoms with Crippen LogP contribution in [0, 0.1) is 0 Å². The molecule has 2 aromatic carbocycles. The van der Waals surface area contributed by atoms with E-state index in [9.17, 15) is 0 Å². The van der Waals surface area contributed by atoms with Crippen molar-refractivity contribution in [3.05, 3.63) is 47.5 Å². The van der Waals surface area contributed by atoms with Crippen LogP contribution in [0.4, 0.5) is 11.4 Å². The van der Waals surface area contributed by atoms with Crippen LogP contribution in [0.3, 0.4) is 0 Å². The van der Waals surface area contributed by atoms with E-state index in [1.807, 2.05) is 17.8 Å². The van der Waals surface area contributed by atoms with Crippen LogP contribution in [0.2, 0.25) is 5.02 Å². The summed E-state index contributed by atoms with van der Waals surface area (Å²) < 4.78 is 1.21. The highest BCUT2D eigenvalue weighted by atomic mass is 127. The van der Waals surface area contributed by atoms with Crippen molar-refractivity contribution in [1.82, 2.24) is 0 Å². The predicted octanol–water partition coefficient (Wildman–Crippen LogP) is 6.16. The highest BCUT2D eigenvalue weighted by Gasteiger charge is 2.22. The van der Waals surface area contributed by atoms with Crippen molar-refractivity contribution in [3.8, 4) is 0 Å². The molecule has 0 saturated heterocycles. The number of fused-ring (bicyclic) bond motifs is 2. The quantitative estimate of drug-likeness (QED) is 0.334. The Bertz CT molecular complexity index is 617. The van der Waals surface area contributed by atoms with E-state index in [2.05, 4.69) is 63.9 Å². The Morgan fingerprint density at radius 3 is 2.65 bits per heavy atom. The van der Waals surface area contributed by atoms with E-state index in [-0.39, 0.29) is 0 Å². The lowest BCUT2D eigenvalue weighted by Gasteiger charge is -2.33. The number of benzene rings is 2. The first kappa shape index (κ1) is 14.5. The maximum Gasteiger partial charge on any atom is 0.0567 e. The van der Waals surface area contributed by atoms with Gasteiger partial charge in [0.25, 0.3) is 0 Å². The second-order valence-electron chi connectivity index (χ2n) is 4.73. The van der Waals surface area contributed by atoms with Gasteiger partial charge in [-0.05, 0) is 47.6 Å². The number of anilines is 2. The molecule has 0 atom stereocenters. The zero-order valence-electron chi connectivity index (χ0n) is 11.0. The van der Waals surface area contributed by atoms with E-state index < -0.39 is 0 Å². The number of para-hydroxylation sites is 1. The molecule has 4 heteroatoms. The van der Waals surface area contributed by atoms with Crippen LogP contribution in [0.25, 0.3) is 0 Å². The van der Waals surface area contributed by atoms with Gasteiger partial charge in [0.05, 0.1) is 11.4 Å². The monoisotopic (exact) mass is 415 g/mol. The number of halogens is 2. The van der Waals surface area contributed by atoms with Crippen LogP contribution in [0.1, 0.15) is 12.8 Å². The van der Waals surface area contributed by atoms with Gasteiger partial charge in [-0.15, -0.1) is 0 Å². The van der Waals surface area contributed by atoms with Crippen molar-refractivity contribution in [2.24, 2.45) is 0 Å². The van der Waals surface area contributed by atoms with Crippen LogP contribution in [-0.2, 0) is 0 Å². The summed E-state index contributed by atoms with van der Waals surface area (Å²) in [5, 5.41) is 0.808. The molecule has 0 saturated carbocycles. The molecule has 1 aliphatic heterocycles. The fraction of sp³-hybridized carbons (Fsp3) is 0.250. The summed E-state index contributed by atoms with van der Waals surface area (Å²) in [6.07, 6.45) is 2.45. The Morgan fingerprint density at radius 2 is 1.80 bits per heavy atom. The SMILES string of the molecule is Clc1ccc2c(c1)N(CCCCI)c1ccccc1S2. The molecular weight excluding hydrogens is 401 g/mol. The summed E-state index contributed by atoms with van der Waals surface area (Å²) in [5.74, 6) is 0. The largest absolute Gasteiger partial charge is 0.340 e. The number of rotatable bonds is 4. The van der Waals surface area contributed by atoms with Crippen molar-refractivity contribution in [2.75, 3.05) is 15.9 Å². The van der Waals surface area contributed by atoms with Crippen LogP contribution >= 0.6 is 46.0 Å². The van der Waals surface area contributed by atoms with Gasteiger partial charge in [0.1, 0.15) is 0 Å². The minimum absolute atomic E-state index is 0.808. The average molecular weight is 416 g/mol. The highest BCUT2D eigenvalue weighted by Crippen LogP contribution is 2.48. The zero-order chi connectivity index (χ0) is 13.9. The average Bonchev–Trinajstić information content (AvgIpc) is 2.47. The van der Waals surface area contributed by atoms with Crippen molar-refractivity contribution in [3.63, 3.8) is 0 Å². The van der Waals surface area contributed by atoms with Crippen molar-refractivity contribution in [2.45, 2.75) is 22.6 Å². The molecule has 0 N–H and O–H groups in total. The molecule has 0 spiro atoms. The minimum Gasteiger partial charge on any atom is -0.340 e. The molecule has 0 fully saturated rings. The molecule has 1 nitrogen and oxygen atoms in total. The molecule has 0 amide bonds. The van der Waals surface area contributed by atoms with Gasteiger partial charge in [0.2, 0.25) is 0 Å². The Hall–Kier alpha value is -0.390. The van der Waals surface area contributed by atoms with Crippen LogP contribution in [0.15, 0.2) is 52.3 Å². The summed E-state index contributed by atoms with van der Waals surface area (Å²) in [6.45, 7) is 1.05. The third-order valence-electron chi connectivity index (χ3n) is 3.35. The lowest BCUT2D eigenvalue weighted by Crippen LogP contribution is -2.22. The molecule has 0 radical (unpaired) electrons. The van der Waals surface area contributed by atoms with Gasteiger partial charge in [0, 0.05) is 21.4 Å². The molecule has 3 rings (SSSR count). The smallest absolute Gasteiger partial charge is 0.0567 e. The van der Waals surface area contributed by atoms with Crippen LogP contribution < -0.4 is 4.90 Å². The molecule has 1 heterocycles. The molecule has 0 bridgehead atoms. The predicted molar refractivity (Wildman–Crippen MR) is 97.1 cm³/mol. The summed E-state index contributed by atoms with van der Waals surface area (Å²) in [6, 6.07) is 14.8. The van der Waals surface area contributed by atoms with E-state index >= 15 is 0 Å². The van der Waals surface area contributed by atoms with E-state index in [4.69, 9.17) is 11.6 Å².